The maximum Gasteiger partial charge on any atom is 0.0850 e. The lowest BCUT2D eigenvalue weighted by molar-refractivity contribution is 0.136. The van der Waals surface area contributed by atoms with Crippen LogP contribution in [0.5, 0.6) is 0 Å². The van der Waals surface area contributed by atoms with E-state index in [4.69, 9.17) is 11.6 Å². The Balaban J connectivity index is 3.04. The second kappa shape index (κ2) is 7.61. The van der Waals surface area contributed by atoms with Gasteiger partial charge in [-0.1, -0.05) is 25.4 Å². The molecule has 1 heterocycles. The number of rotatable bonds is 8. The van der Waals surface area contributed by atoms with Gasteiger partial charge in [0.25, 0.3) is 0 Å². The summed E-state index contributed by atoms with van der Waals surface area (Å²) < 4.78 is 1.94. The average Bonchev–Trinajstić information content (AvgIpc) is 2.69. The van der Waals surface area contributed by atoms with Crippen molar-refractivity contribution in [1.82, 2.24) is 20.0 Å². The van der Waals surface area contributed by atoms with Crippen molar-refractivity contribution in [3.8, 4) is 0 Å². The van der Waals surface area contributed by atoms with Crippen molar-refractivity contribution in [2.24, 2.45) is 7.05 Å². The van der Waals surface area contributed by atoms with Gasteiger partial charge in [0, 0.05) is 25.0 Å². The van der Waals surface area contributed by atoms with E-state index in [1.807, 2.05) is 11.7 Å². The van der Waals surface area contributed by atoms with Crippen LogP contribution in [-0.2, 0) is 19.9 Å². The van der Waals surface area contributed by atoms with Gasteiger partial charge in [0.1, 0.15) is 0 Å². The molecule has 0 radical (unpaired) electrons. The van der Waals surface area contributed by atoms with E-state index in [1.54, 1.807) is 0 Å². The Morgan fingerprint density at radius 3 is 2.38 bits per heavy atom. The molecule has 1 N–H and O–H groups in total. The zero-order chi connectivity index (χ0) is 16.2. The molecule has 0 saturated carbocycles. The Bertz CT molecular complexity index is 451. The van der Waals surface area contributed by atoms with Crippen LogP contribution in [0.4, 0.5) is 0 Å². The highest BCUT2D eigenvalue weighted by Gasteiger charge is 2.32. The molecule has 5 heteroatoms. The van der Waals surface area contributed by atoms with E-state index in [0.29, 0.717) is 6.04 Å². The van der Waals surface area contributed by atoms with Crippen molar-refractivity contribution in [3.63, 3.8) is 0 Å². The van der Waals surface area contributed by atoms with E-state index < -0.39 is 0 Å². The molecule has 0 fully saturated rings. The quantitative estimate of drug-likeness (QED) is 0.801. The summed E-state index contributed by atoms with van der Waals surface area (Å²) in [7, 11) is 6.24. The predicted octanol–water partition coefficient (Wildman–Crippen LogP) is 2.89. The van der Waals surface area contributed by atoms with Gasteiger partial charge in [-0.2, -0.15) is 5.10 Å². The summed E-state index contributed by atoms with van der Waals surface area (Å²) in [6.45, 7) is 9.84. The molecule has 0 aromatic carbocycles. The first-order valence-corrected chi connectivity index (χ1v) is 8.24. The van der Waals surface area contributed by atoms with Crippen LogP contribution < -0.4 is 5.32 Å². The van der Waals surface area contributed by atoms with Gasteiger partial charge >= 0.3 is 0 Å². The lowest BCUT2D eigenvalue weighted by Gasteiger charge is -2.41. The molecule has 0 spiro atoms. The SMILES string of the molecule is CCCNC(Cc1c(Cl)c(CC)nn1C)C(C)(C)N(C)C. The number of hydrogen-bond donors (Lipinski definition) is 1. The molecule has 1 aromatic rings. The lowest BCUT2D eigenvalue weighted by Crippen LogP contribution is -2.56. The van der Waals surface area contributed by atoms with Gasteiger partial charge in [-0.05, 0) is 47.3 Å². The highest BCUT2D eigenvalue weighted by molar-refractivity contribution is 6.31. The third-order valence-electron chi connectivity index (χ3n) is 4.55. The molecule has 21 heavy (non-hydrogen) atoms. The summed E-state index contributed by atoms with van der Waals surface area (Å²) in [4.78, 5) is 2.27. The largest absolute Gasteiger partial charge is 0.312 e. The third-order valence-corrected chi connectivity index (χ3v) is 4.98. The van der Waals surface area contributed by atoms with Crippen LogP contribution in [0.15, 0.2) is 0 Å². The molecule has 0 aliphatic carbocycles. The molecule has 0 aliphatic rings. The predicted molar refractivity (Wildman–Crippen MR) is 91.1 cm³/mol. The lowest BCUT2D eigenvalue weighted by atomic mass is 9.89. The van der Waals surface area contributed by atoms with Crippen LogP contribution >= 0.6 is 11.6 Å². The van der Waals surface area contributed by atoms with Crippen molar-refractivity contribution >= 4 is 11.6 Å². The maximum atomic E-state index is 6.51. The summed E-state index contributed by atoms with van der Waals surface area (Å²) in [6, 6.07) is 0.324. The minimum Gasteiger partial charge on any atom is -0.312 e. The Labute approximate surface area is 134 Å². The number of nitrogens with zero attached hydrogens (tertiary/aromatic N) is 3. The number of likely N-dealkylation sites (N-methyl/N-ethyl adjacent to an activating group) is 1. The molecule has 122 valence electrons. The maximum absolute atomic E-state index is 6.51. The summed E-state index contributed by atoms with van der Waals surface area (Å²) >= 11 is 6.51. The fourth-order valence-corrected chi connectivity index (χ4v) is 2.81. The van der Waals surface area contributed by atoms with Gasteiger partial charge in [-0.25, -0.2) is 0 Å². The van der Waals surface area contributed by atoms with Crippen molar-refractivity contribution in [2.45, 2.75) is 58.5 Å². The average molecular weight is 315 g/mol. The van der Waals surface area contributed by atoms with Crippen LogP contribution in [0, 0.1) is 0 Å². The zero-order valence-corrected chi connectivity index (χ0v) is 15.4. The molecule has 0 aliphatic heterocycles. The van der Waals surface area contributed by atoms with E-state index in [-0.39, 0.29) is 5.54 Å². The summed E-state index contributed by atoms with van der Waals surface area (Å²) in [6.07, 6.45) is 2.88. The van der Waals surface area contributed by atoms with Crippen LogP contribution in [0.1, 0.15) is 45.5 Å². The molecule has 1 rings (SSSR count). The Hall–Kier alpha value is -0.580. The summed E-state index contributed by atoms with van der Waals surface area (Å²) in [5.41, 5.74) is 2.15. The molecule has 1 unspecified atom stereocenters. The smallest absolute Gasteiger partial charge is 0.0850 e. The standard InChI is InChI=1S/C16H31ClN4/c1-8-10-18-14(16(3,4)20(5)6)11-13-15(17)12(9-2)19-21(13)7/h14,18H,8-11H2,1-7H3. The van der Waals surface area contributed by atoms with E-state index in [2.05, 4.69) is 57.1 Å². The van der Waals surface area contributed by atoms with Crippen LogP contribution in [-0.4, -0.2) is 46.9 Å². The van der Waals surface area contributed by atoms with E-state index in [0.717, 1.165) is 42.2 Å². The van der Waals surface area contributed by atoms with Crippen molar-refractivity contribution in [3.05, 3.63) is 16.4 Å². The van der Waals surface area contributed by atoms with Gasteiger partial charge in [-0.15, -0.1) is 0 Å². The van der Waals surface area contributed by atoms with Crippen LogP contribution in [0.3, 0.4) is 0 Å². The van der Waals surface area contributed by atoms with Crippen LogP contribution in [0.25, 0.3) is 0 Å². The molecular formula is C16H31ClN4. The zero-order valence-electron chi connectivity index (χ0n) is 14.6. The number of aryl methyl sites for hydroxylation is 2. The molecule has 1 atom stereocenters. The molecule has 0 bridgehead atoms. The second-order valence-electron chi connectivity index (χ2n) is 6.44. The van der Waals surface area contributed by atoms with Crippen molar-refractivity contribution < 1.29 is 0 Å². The number of nitrogens with one attached hydrogen (secondary N) is 1. The molecule has 0 amide bonds. The first-order valence-electron chi connectivity index (χ1n) is 7.86. The number of aromatic nitrogens is 2. The Morgan fingerprint density at radius 1 is 1.33 bits per heavy atom. The normalized spacial score (nSPS) is 14.0. The fraction of sp³-hybridized carbons (Fsp3) is 0.812. The van der Waals surface area contributed by atoms with Gasteiger partial charge < -0.3 is 10.2 Å². The minimum atomic E-state index is 0.0369. The Morgan fingerprint density at radius 2 is 1.95 bits per heavy atom. The van der Waals surface area contributed by atoms with Gasteiger partial charge in [0.05, 0.1) is 16.4 Å². The van der Waals surface area contributed by atoms with Gasteiger partial charge in [0.2, 0.25) is 0 Å². The molecule has 1 aromatic heterocycles. The van der Waals surface area contributed by atoms with Crippen molar-refractivity contribution in [1.29, 1.82) is 0 Å². The summed E-state index contributed by atoms with van der Waals surface area (Å²) in [5, 5.41) is 9.04. The van der Waals surface area contributed by atoms with Gasteiger partial charge in [-0.3, -0.25) is 4.68 Å². The first kappa shape index (κ1) is 18.5. The highest BCUT2D eigenvalue weighted by atomic mass is 35.5. The van der Waals surface area contributed by atoms with E-state index in [1.165, 1.54) is 0 Å². The topological polar surface area (TPSA) is 33.1 Å². The second-order valence-corrected chi connectivity index (χ2v) is 6.82. The van der Waals surface area contributed by atoms with Crippen molar-refractivity contribution in [2.75, 3.05) is 20.6 Å². The van der Waals surface area contributed by atoms with E-state index >= 15 is 0 Å². The van der Waals surface area contributed by atoms with Gasteiger partial charge in [0.15, 0.2) is 0 Å². The molecule has 0 saturated heterocycles. The third kappa shape index (κ3) is 4.21. The summed E-state index contributed by atoms with van der Waals surface area (Å²) in [5.74, 6) is 0. The first-order chi connectivity index (χ1) is 9.75. The van der Waals surface area contributed by atoms with E-state index in [9.17, 15) is 0 Å². The molecule has 4 nitrogen and oxygen atoms in total. The molecular weight excluding hydrogens is 284 g/mol. The Kier molecular flexibility index (Phi) is 6.70. The monoisotopic (exact) mass is 314 g/mol. The number of hydrogen-bond acceptors (Lipinski definition) is 3. The fourth-order valence-electron chi connectivity index (χ4n) is 2.44. The van der Waals surface area contributed by atoms with Crippen LogP contribution in [0.2, 0.25) is 5.02 Å². The highest BCUT2D eigenvalue weighted by Crippen LogP contribution is 2.26. The number of halogens is 1. The minimum absolute atomic E-state index is 0.0369.